The molecule has 8 heteroatoms. The van der Waals surface area contributed by atoms with Crippen LogP contribution in [0.15, 0.2) is 22.5 Å². The van der Waals surface area contributed by atoms with Crippen LogP contribution in [0.4, 0.5) is 0 Å². The van der Waals surface area contributed by atoms with E-state index >= 15 is 0 Å². The molecule has 0 saturated carbocycles. The number of nitrogens with two attached hydrogens (primary N) is 1. The van der Waals surface area contributed by atoms with Gasteiger partial charge in [-0.1, -0.05) is 6.92 Å². The average Bonchev–Trinajstić information content (AvgIpc) is 3.02. The standard InChI is InChI=1S/C12H18N4O2S2/c1-3-11-9(8-16(2)15-11)7-14-20(17,18)12-5-4-10(6-13)19-12/h4-5,8,14H,3,6-7,13H2,1-2H3. The highest BCUT2D eigenvalue weighted by atomic mass is 32.2. The van der Waals surface area contributed by atoms with Gasteiger partial charge in [-0.2, -0.15) is 5.10 Å². The lowest BCUT2D eigenvalue weighted by Crippen LogP contribution is -2.22. The fraction of sp³-hybridized carbons (Fsp3) is 0.417. The lowest BCUT2D eigenvalue weighted by molar-refractivity contribution is 0.583. The molecule has 20 heavy (non-hydrogen) atoms. The van der Waals surface area contributed by atoms with Gasteiger partial charge in [0.25, 0.3) is 0 Å². The molecule has 0 amide bonds. The number of rotatable bonds is 6. The van der Waals surface area contributed by atoms with E-state index in [-0.39, 0.29) is 6.54 Å². The van der Waals surface area contributed by atoms with E-state index in [1.165, 1.54) is 11.3 Å². The molecule has 0 unspecified atom stereocenters. The fourth-order valence-electron chi connectivity index (χ4n) is 1.89. The van der Waals surface area contributed by atoms with Gasteiger partial charge in [0, 0.05) is 36.8 Å². The highest BCUT2D eigenvalue weighted by molar-refractivity contribution is 7.91. The van der Waals surface area contributed by atoms with Crippen molar-refractivity contribution in [1.29, 1.82) is 0 Å². The van der Waals surface area contributed by atoms with Gasteiger partial charge in [-0.25, -0.2) is 13.1 Å². The molecule has 0 spiro atoms. The molecule has 2 heterocycles. The first kappa shape index (κ1) is 15.2. The van der Waals surface area contributed by atoms with E-state index in [9.17, 15) is 8.42 Å². The van der Waals surface area contributed by atoms with Gasteiger partial charge in [0.1, 0.15) is 4.21 Å². The van der Waals surface area contributed by atoms with Crippen LogP contribution in [0.1, 0.15) is 23.1 Å². The minimum Gasteiger partial charge on any atom is -0.326 e. The number of hydrogen-bond donors (Lipinski definition) is 2. The summed E-state index contributed by atoms with van der Waals surface area (Å²) in [7, 11) is -1.66. The Bertz CT molecular complexity index is 688. The summed E-state index contributed by atoms with van der Waals surface area (Å²) >= 11 is 1.19. The fourth-order valence-corrected chi connectivity index (χ4v) is 4.17. The maximum absolute atomic E-state index is 12.2. The van der Waals surface area contributed by atoms with Crippen molar-refractivity contribution >= 4 is 21.4 Å². The second kappa shape index (κ2) is 6.04. The number of hydrogen-bond acceptors (Lipinski definition) is 5. The van der Waals surface area contributed by atoms with Crippen molar-refractivity contribution < 1.29 is 8.42 Å². The molecule has 2 aromatic rings. The molecule has 3 N–H and O–H groups in total. The molecule has 110 valence electrons. The molecular formula is C12H18N4O2S2. The lowest BCUT2D eigenvalue weighted by atomic mass is 10.2. The van der Waals surface area contributed by atoms with Gasteiger partial charge >= 0.3 is 0 Å². The zero-order chi connectivity index (χ0) is 14.8. The Balaban J connectivity index is 2.12. The van der Waals surface area contributed by atoms with Crippen molar-refractivity contribution in [2.45, 2.75) is 30.6 Å². The third kappa shape index (κ3) is 3.26. The average molecular weight is 314 g/mol. The van der Waals surface area contributed by atoms with Crippen molar-refractivity contribution in [3.63, 3.8) is 0 Å². The highest BCUT2D eigenvalue weighted by Gasteiger charge is 2.17. The van der Waals surface area contributed by atoms with Gasteiger partial charge in [-0.15, -0.1) is 11.3 Å². The molecule has 0 atom stereocenters. The third-order valence-corrected chi connectivity index (χ3v) is 5.88. The number of aromatic nitrogens is 2. The molecule has 6 nitrogen and oxygen atoms in total. The van der Waals surface area contributed by atoms with Crippen LogP contribution < -0.4 is 10.5 Å². The van der Waals surface area contributed by atoms with E-state index < -0.39 is 10.0 Å². The first-order chi connectivity index (χ1) is 9.46. The van der Waals surface area contributed by atoms with E-state index in [2.05, 4.69) is 9.82 Å². The molecule has 0 aliphatic rings. The van der Waals surface area contributed by atoms with E-state index in [1.807, 2.05) is 20.2 Å². The zero-order valence-electron chi connectivity index (χ0n) is 11.5. The monoisotopic (exact) mass is 314 g/mol. The van der Waals surface area contributed by atoms with Gasteiger partial charge in [0.05, 0.1) is 5.69 Å². The van der Waals surface area contributed by atoms with Gasteiger partial charge in [0.15, 0.2) is 0 Å². The summed E-state index contributed by atoms with van der Waals surface area (Å²) in [4.78, 5) is 0.848. The summed E-state index contributed by atoms with van der Waals surface area (Å²) in [5.74, 6) is 0. The van der Waals surface area contributed by atoms with Crippen LogP contribution >= 0.6 is 11.3 Å². The van der Waals surface area contributed by atoms with Crippen LogP contribution in [-0.2, 0) is 36.6 Å². The second-order valence-corrected chi connectivity index (χ2v) is 7.54. The maximum atomic E-state index is 12.2. The molecule has 2 rings (SSSR count). The molecule has 0 aliphatic heterocycles. The minimum absolute atomic E-state index is 0.245. The lowest BCUT2D eigenvalue weighted by Gasteiger charge is -2.04. The Labute approximate surface area is 122 Å². The summed E-state index contributed by atoms with van der Waals surface area (Å²) < 4.78 is 28.9. The van der Waals surface area contributed by atoms with Crippen molar-refractivity contribution in [3.8, 4) is 0 Å². The maximum Gasteiger partial charge on any atom is 0.250 e. The van der Waals surface area contributed by atoms with E-state index in [4.69, 9.17) is 5.73 Å². The number of thiophene rings is 1. The summed E-state index contributed by atoms with van der Waals surface area (Å²) in [6, 6.07) is 3.32. The Morgan fingerprint density at radius 3 is 2.80 bits per heavy atom. The highest BCUT2D eigenvalue weighted by Crippen LogP contribution is 2.21. The van der Waals surface area contributed by atoms with Crippen molar-refractivity contribution in [1.82, 2.24) is 14.5 Å². The van der Waals surface area contributed by atoms with Crippen molar-refractivity contribution in [3.05, 3.63) is 34.5 Å². The predicted molar refractivity (Wildman–Crippen MR) is 78.8 cm³/mol. The number of nitrogens with zero attached hydrogens (tertiary/aromatic N) is 2. The van der Waals surface area contributed by atoms with Gasteiger partial charge in [0.2, 0.25) is 10.0 Å². The SMILES string of the molecule is CCc1nn(C)cc1CNS(=O)(=O)c1ccc(CN)s1. The van der Waals surface area contributed by atoms with Crippen molar-refractivity contribution in [2.24, 2.45) is 12.8 Å². The van der Waals surface area contributed by atoms with Crippen LogP contribution in [0.25, 0.3) is 0 Å². The smallest absolute Gasteiger partial charge is 0.250 e. The van der Waals surface area contributed by atoms with E-state index in [1.54, 1.807) is 16.8 Å². The van der Waals surface area contributed by atoms with Crippen LogP contribution in [0.3, 0.4) is 0 Å². The normalized spacial score (nSPS) is 11.9. The summed E-state index contributed by atoms with van der Waals surface area (Å²) in [6.07, 6.45) is 2.61. The Morgan fingerprint density at radius 2 is 2.20 bits per heavy atom. The van der Waals surface area contributed by atoms with E-state index in [0.29, 0.717) is 10.8 Å². The molecule has 0 radical (unpaired) electrons. The summed E-state index contributed by atoms with van der Waals surface area (Å²) in [5.41, 5.74) is 7.30. The Hall–Kier alpha value is -1.22. The molecule has 0 aliphatic carbocycles. The number of aryl methyl sites for hydroxylation is 2. The molecule has 0 fully saturated rings. The summed E-state index contributed by atoms with van der Waals surface area (Å²) in [5, 5.41) is 4.29. The summed E-state index contributed by atoms with van der Waals surface area (Å²) in [6.45, 7) is 2.59. The molecule has 0 saturated heterocycles. The second-order valence-electron chi connectivity index (χ2n) is 4.38. The van der Waals surface area contributed by atoms with Crippen LogP contribution in [0.2, 0.25) is 0 Å². The van der Waals surface area contributed by atoms with Gasteiger partial charge in [-0.3, -0.25) is 4.68 Å². The largest absolute Gasteiger partial charge is 0.326 e. The topological polar surface area (TPSA) is 90.0 Å². The first-order valence-electron chi connectivity index (χ1n) is 6.26. The van der Waals surface area contributed by atoms with E-state index in [0.717, 1.165) is 22.6 Å². The van der Waals surface area contributed by atoms with Crippen LogP contribution in [0, 0.1) is 0 Å². The van der Waals surface area contributed by atoms with Gasteiger partial charge < -0.3 is 5.73 Å². The quantitative estimate of drug-likeness (QED) is 0.831. The third-order valence-electron chi connectivity index (χ3n) is 2.88. The molecular weight excluding hydrogens is 296 g/mol. The van der Waals surface area contributed by atoms with Crippen molar-refractivity contribution in [2.75, 3.05) is 0 Å². The van der Waals surface area contributed by atoms with Crippen LogP contribution in [-0.4, -0.2) is 18.2 Å². The number of sulfonamides is 1. The molecule has 0 bridgehead atoms. The van der Waals surface area contributed by atoms with Gasteiger partial charge in [-0.05, 0) is 18.6 Å². The Kier molecular flexibility index (Phi) is 4.59. The van der Waals surface area contributed by atoms with Crippen LogP contribution in [0.5, 0.6) is 0 Å². The molecule has 2 aromatic heterocycles. The minimum atomic E-state index is -3.49. The molecule has 0 aromatic carbocycles. The Morgan fingerprint density at radius 1 is 1.45 bits per heavy atom. The number of nitrogens with one attached hydrogen (secondary N) is 1. The predicted octanol–water partition coefficient (Wildman–Crippen LogP) is 0.981. The zero-order valence-corrected chi connectivity index (χ0v) is 13.1. The first-order valence-corrected chi connectivity index (χ1v) is 8.56.